The molecular formula is C14H16ClN3OS. The van der Waals surface area contributed by atoms with Crippen molar-refractivity contribution in [3.05, 3.63) is 39.8 Å². The Morgan fingerprint density at radius 3 is 2.85 bits per heavy atom. The third-order valence-electron chi connectivity index (χ3n) is 3.23. The Kier molecular flexibility index (Phi) is 4.40. The number of aromatic nitrogens is 1. The molecule has 3 rings (SSSR count). The highest BCUT2D eigenvalue weighted by molar-refractivity contribution is 7.15. The van der Waals surface area contributed by atoms with E-state index >= 15 is 0 Å². The van der Waals surface area contributed by atoms with Crippen LogP contribution in [-0.4, -0.2) is 31.3 Å². The first-order valence-corrected chi connectivity index (χ1v) is 7.78. The molecular weight excluding hydrogens is 294 g/mol. The van der Waals surface area contributed by atoms with Gasteiger partial charge in [-0.05, 0) is 12.1 Å². The number of halogens is 1. The number of morpholine rings is 1. The van der Waals surface area contributed by atoms with E-state index in [4.69, 9.17) is 16.3 Å². The Hall–Kier alpha value is -1.30. The van der Waals surface area contributed by atoms with Gasteiger partial charge in [-0.25, -0.2) is 4.98 Å². The number of nitrogens with one attached hydrogen (secondary N) is 1. The van der Waals surface area contributed by atoms with Gasteiger partial charge in [0.1, 0.15) is 0 Å². The monoisotopic (exact) mass is 309 g/mol. The second kappa shape index (κ2) is 6.43. The van der Waals surface area contributed by atoms with Crippen LogP contribution in [0, 0.1) is 0 Å². The first kappa shape index (κ1) is 13.7. The smallest absolute Gasteiger partial charge is 0.183 e. The summed E-state index contributed by atoms with van der Waals surface area (Å²) in [4.78, 5) is 7.54. The second-order valence-electron chi connectivity index (χ2n) is 4.55. The molecule has 1 fully saturated rings. The Morgan fingerprint density at radius 2 is 2.10 bits per heavy atom. The SMILES string of the molecule is Clc1ncc(CNc2ccccc2N2CCOCC2)s1. The van der Waals surface area contributed by atoms with Crippen molar-refractivity contribution < 1.29 is 4.74 Å². The minimum atomic E-state index is 0.586. The van der Waals surface area contributed by atoms with Gasteiger partial charge in [0, 0.05) is 24.2 Å². The summed E-state index contributed by atoms with van der Waals surface area (Å²) in [7, 11) is 0. The quantitative estimate of drug-likeness (QED) is 0.941. The highest BCUT2D eigenvalue weighted by Gasteiger charge is 2.14. The van der Waals surface area contributed by atoms with E-state index in [2.05, 4.69) is 33.4 Å². The topological polar surface area (TPSA) is 37.4 Å². The molecule has 1 aromatic heterocycles. The maximum Gasteiger partial charge on any atom is 0.183 e. The molecule has 2 aromatic rings. The number of para-hydroxylation sites is 2. The zero-order chi connectivity index (χ0) is 13.8. The number of thiazole rings is 1. The first-order chi connectivity index (χ1) is 9.83. The van der Waals surface area contributed by atoms with Gasteiger partial charge < -0.3 is 15.0 Å². The Bertz CT molecular complexity index is 569. The minimum absolute atomic E-state index is 0.586. The normalized spacial score (nSPS) is 15.3. The van der Waals surface area contributed by atoms with Gasteiger partial charge in [0.2, 0.25) is 0 Å². The lowest BCUT2D eigenvalue weighted by Crippen LogP contribution is -2.36. The number of nitrogens with zero attached hydrogens (tertiary/aromatic N) is 2. The molecule has 1 saturated heterocycles. The molecule has 6 heteroatoms. The van der Waals surface area contributed by atoms with Crippen molar-refractivity contribution in [2.24, 2.45) is 0 Å². The molecule has 0 aliphatic carbocycles. The lowest BCUT2D eigenvalue weighted by Gasteiger charge is -2.30. The van der Waals surface area contributed by atoms with Crippen LogP contribution in [0.5, 0.6) is 0 Å². The third-order valence-corrected chi connectivity index (χ3v) is 4.35. The van der Waals surface area contributed by atoms with E-state index in [0.29, 0.717) is 4.47 Å². The van der Waals surface area contributed by atoms with Crippen molar-refractivity contribution in [1.29, 1.82) is 0 Å². The fraction of sp³-hybridized carbons (Fsp3) is 0.357. The number of hydrogen-bond donors (Lipinski definition) is 1. The summed E-state index contributed by atoms with van der Waals surface area (Å²) in [6.45, 7) is 4.19. The Morgan fingerprint density at radius 1 is 1.30 bits per heavy atom. The van der Waals surface area contributed by atoms with Gasteiger partial charge in [-0.3, -0.25) is 0 Å². The van der Waals surface area contributed by atoms with E-state index in [0.717, 1.165) is 43.4 Å². The summed E-state index contributed by atoms with van der Waals surface area (Å²) in [6.07, 6.45) is 1.82. The van der Waals surface area contributed by atoms with Crippen LogP contribution in [0.25, 0.3) is 0 Å². The fourth-order valence-electron chi connectivity index (χ4n) is 2.25. The number of hydrogen-bond acceptors (Lipinski definition) is 5. The first-order valence-electron chi connectivity index (χ1n) is 6.59. The largest absolute Gasteiger partial charge is 0.378 e. The maximum atomic E-state index is 5.85. The molecule has 1 N–H and O–H groups in total. The molecule has 4 nitrogen and oxygen atoms in total. The van der Waals surface area contributed by atoms with Gasteiger partial charge in [-0.2, -0.15) is 0 Å². The third kappa shape index (κ3) is 3.23. The van der Waals surface area contributed by atoms with Crippen molar-refractivity contribution in [2.75, 3.05) is 36.5 Å². The van der Waals surface area contributed by atoms with Crippen LogP contribution in [0.15, 0.2) is 30.5 Å². The molecule has 0 spiro atoms. The molecule has 0 atom stereocenters. The summed E-state index contributed by atoms with van der Waals surface area (Å²) < 4.78 is 6.00. The van der Waals surface area contributed by atoms with E-state index in [-0.39, 0.29) is 0 Å². The fourth-order valence-corrected chi connectivity index (χ4v) is 3.17. The molecule has 0 amide bonds. The molecule has 1 aromatic carbocycles. The molecule has 106 valence electrons. The van der Waals surface area contributed by atoms with Gasteiger partial charge in [0.25, 0.3) is 0 Å². The van der Waals surface area contributed by atoms with Gasteiger partial charge in [0.15, 0.2) is 4.47 Å². The highest BCUT2D eigenvalue weighted by Crippen LogP contribution is 2.27. The van der Waals surface area contributed by atoms with Crippen molar-refractivity contribution in [3.8, 4) is 0 Å². The van der Waals surface area contributed by atoms with Crippen LogP contribution in [0.3, 0.4) is 0 Å². The van der Waals surface area contributed by atoms with Gasteiger partial charge >= 0.3 is 0 Å². The summed E-state index contributed by atoms with van der Waals surface area (Å²) in [5.41, 5.74) is 2.37. The molecule has 2 heterocycles. The van der Waals surface area contributed by atoms with Crippen LogP contribution < -0.4 is 10.2 Å². The number of benzene rings is 1. The molecule has 0 unspecified atom stereocenters. The standard InChI is InChI=1S/C14H16ClN3OS/c15-14-17-10-11(20-14)9-16-12-3-1-2-4-13(12)18-5-7-19-8-6-18/h1-4,10,16H,5-9H2. The predicted octanol–water partition coefficient (Wildman–Crippen LogP) is 3.25. The Balaban J connectivity index is 1.72. The van der Waals surface area contributed by atoms with Gasteiger partial charge in [-0.1, -0.05) is 23.7 Å². The molecule has 1 aliphatic rings. The number of ether oxygens (including phenoxy) is 1. The summed E-state index contributed by atoms with van der Waals surface area (Å²) >= 11 is 7.36. The van der Waals surface area contributed by atoms with Crippen molar-refractivity contribution in [3.63, 3.8) is 0 Å². The van der Waals surface area contributed by atoms with Gasteiger partial charge in [0.05, 0.1) is 31.1 Å². The van der Waals surface area contributed by atoms with Crippen molar-refractivity contribution in [2.45, 2.75) is 6.54 Å². The van der Waals surface area contributed by atoms with E-state index in [1.165, 1.54) is 17.0 Å². The number of anilines is 2. The van der Waals surface area contributed by atoms with Crippen molar-refractivity contribution in [1.82, 2.24) is 4.98 Å². The predicted molar refractivity (Wildman–Crippen MR) is 83.9 cm³/mol. The summed E-state index contributed by atoms with van der Waals surface area (Å²) in [5.74, 6) is 0. The van der Waals surface area contributed by atoms with Crippen molar-refractivity contribution >= 4 is 34.3 Å². The lowest BCUT2D eigenvalue weighted by molar-refractivity contribution is 0.123. The molecule has 20 heavy (non-hydrogen) atoms. The lowest BCUT2D eigenvalue weighted by atomic mass is 10.2. The van der Waals surface area contributed by atoms with Crippen LogP contribution in [-0.2, 0) is 11.3 Å². The van der Waals surface area contributed by atoms with Crippen LogP contribution in [0.4, 0.5) is 11.4 Å². The summed E-state index contributed by atoms with van der Waals surface area (Å²) in [5, 5.41) is 3.47. The van der Waals surface area contributed by atoms with Gasteiger partial charge in [-0.15, -0.1) is 11.3 Å². The molecule has 0 bridgehead atoms. The highest BCUT2D eigenvalue weighted by atomic mass is 35.5. The average Bonchev–Trinajstić information content (AvgIpc) is 2.92. The zero-order valence-corrected chi connectivity index (χ0v) is 12.6. The van der Waals surface area contributed by atoms with E-state index < -0.39 is 0 Å². The van der Waals surface area contributed by atoms with E-state index in [9.17, 15) is 0 Å². The number of rotatable bonds is 4. The maximum absolute atomic E-state index is 5.85. The molecule has 0 radical (unpaired) electrons. The second-order valence-corrected chi connectivity index (χ2v) is 6.25. The van der Waals surface area contributed by atoms with E-state index in [1.54, 1.807) is 0 Å². The molecule has 1 aliphatic heterocycles. The van der Waals surface area contributed by atoms with E-state index in [1.807, 2.05) is 12.3 Å². The minimum Gasteiger partial charge on any atom is -0.378 e. The zero-order valence-electron chi connectivity index (χ0n) is 11.0. The van der Waals surface area contributed by atoms with Crippen LogP contribution in [0.2, 0.25) is 4.47 Å². The average molecular weight is 310 g/mol. The van der Waals surface area contributed by atoms with Crippen LogP contribution in [0.1, 0.15) is 4.88 Å². The molecule has 0 saturated carbocycles. The summed E-state index contributed by atoms with van der Waals surface area (Å²) in [6, 6.07) is 8.37. The van der Waals surface area contributed by atoms with Crippen LogP contribution >= 0.6 is 22.9 Å². The Labute approximate surface area is 127 Å².